The van der Waals surface area contributed by atoms with E-state index in [1.54, 1.807) is 6.26 Å². The SMILES string of the molecule is CC(C)(CO)COCc1ccco1. The van der Waals surface area contributed by atoms with Gasteiger partial charge in [-0.2, -0.15) is 0 Å². The number of hydrogen-bond donors (Lipinski definition) is 1. The van der Waals surface area contributed by atoms with Gasteiger partial charge in [-0.25, -0.2) is 0 Å². The third kappa shape index (κ3) is 3.61. The van der Waals surface area contributed by atoms with Gasteiger partial charge in [0.25, 0.3) is 0 Å². The highest BCUT2D eigenvalue weighted by Crippen LogP contribution is 2.14. The highest BCUT2D eigenvalue weighted by Gasteiger charge is 2.16. The summed E-state index contributed by atoms with van der Waals surface area (Å²) in [7, 11) is 0. The molecular formula is C10H16O3. The highest BCUT2D eigenvalue weighted by molar-refractivity contribution is 4.96. The van der Waals surface area contributed by atoms with Crippen LogP contribution < -0.4 is 0 Å². The second kappa shape index (κ2) is 4.44. The summed E-state index contributed by atoms with van der Waals surface area (Å²) in [4.78, 5) is 0. The summed E-state index contributed by atoms with van der Waals surface area (Å²) >= 11 is 0. The van der Waals surface area contributed by atoms with Gasteiger partial charge in [0.2, 0.25) is 0 Å². The van der Waals surface area contributed by atoms with Crippen molar-refractivity contribution >= 4 is 0 Å². The minimum Gasteiger partial charge on any atom is -0.467 e. The second-order valence-electron chi connectivity index (χ2n) is 3.89. The normalized spacial score (nSPS) is 11.9. The molecule has 1 aromatic rings. The van der Waals surface area contributed by atoms with Gasteiger partial charge in [0.1, 0.15) is 12.4 Å². The minimum absolute atomic E-state index is 0.130. The molecule has 0 amide bonds. The van der Waals surface area contributed by atoms with Crippen molar-refractivity contribution in [3.05, 3.63) is 24.2 Å². The maximum Gasteiger partial charge on any atom is 0.129 e. The van der Waals surface area contributed by atoms with E-state index in [-0.39, 0.29) is 12.0 Å². The Hall–Kier alpha value is -0.800. The molecule has 0 aliphatic heterocycles. The smallest absolute Gasteiger partial charge is 0.129 e. The van der Waals surface area contributed by atoms with Crippen molar-refractivity contribution in [3.63, 3.8) is 0 Å². The van der Waals surface area contributed by atoms with Crippen LogP contribution in [0.2, 0.25) is 0 Å². The molecule has 13 heavy (non-hydrogen) atoms. The molecular weight excluding hydrogens is 168 g/mol. The van der Waals surface area contributed by atoms with Crippen molar-refractivity contribution in [1.29, 1.82) is 0 Å². The number of aliphatic hydroxyl groups is 1. The first kappa shape index (κ1) is 10.3. The topological polar surface area (TPSA) is 42.6 Å². The maximum absolute atomic E-state index is 8.95. The van der Waals surface area contributed by atoms with E-state index in [4.69, 9.17) is 14.3 Å². The summed E-state index contributed by atoms with van der Waals surface area (Å²) in [5.74, 6) is 0.814. The Morgan fingerprint density at radius 2 is 2.31 bits per heavy atom. The van der Waals surface area contributed by atoms with E-state index in [9.17, 15) is 0 Å². The van der Waals surface area contributed by atoms with Crippen LogP contribution in [0, 0.1) is 5.41 Å². The summed E-state index contributed by atoms with van der Waals surface area (Å²) in [6, 6.07) is 3.70. The van der Waals surface area contributed by atoms with Crippen molar-refractivity contribution in [3.8, 4) is 0 Å². The van der Waals surface area contributed by atoms with Gasteiger partial charge in [0.15, 0.2) is 0 Å². The first-order valence-corrected chi connectivity index (χ1v) is 4.35. The standard InChI is InChI=1S/C10H16O3/c1-10(2,7-11)8-12-6-9-4-3-5-13-9/h3-5,11H,6-8H2,1-2H3. The number of ether oxygens (including phenoxy) is 1. The number of furan rings is 1. The molecule has 0 unspecified atom stereocenters. The van der Waals surface area contributed by atoms with Crippen LogP contribution in [-0.2, 0) is 11.3 Å². The molecule has 0 aliphatic carbocycles. The van der Waals surface area contributed by atoms with E-state index in [1.807, 2.05) is 26.0 Å². The molecule has 3 heteroatoms. The van der Waals surface area contributed by atoms with E-state index in [1.165, 1.54) is 0 Å². The Labute approximate surface area is 78.3 Å². The van der Waals surface area contributed by atoms with E-state index in [0.717, 1.165) is 5.76 Å². The molecule has 1 aromatic heterocycles. The van der Waals surface area contributed by atoms with Crippen LogP contribution in [0.1, 0.15) is 19.6 Å². The zero-order chi connectivity index (χ0) is 9.73. The first-order chi connectivity index (χ1) is 6.14. The molecule has 0 aliphatic rings. The molecule has 1 rings (SSSR count). The van der Waals surface area contributed by atoms with E-state index >= 15 is 0 Å². The van der Waals surface area contributed by atoms with Crippen LogP contribution in [0.25, 0.3) is 0 Å². The fourth-order valence-electron chi connectivity index (χ4n) is 0.868. The summed E-state index contributed by atoms with van der Waals surface area (Å²) in [6.07, 6.45) is 1.62. The molecule has 0 aromatic carbocycles. The third-order valence-corrected chi connectivity index (χ3v) is 1.75. The van der Waals surface area contributed by atoms with Gasteiger partial charge >= 0.3 is 0 Å². The van der Waals surface area contributed by atoms with Crippen LogP contribution in [0.15, 0.2) is 22.8 Å². The Morgan fingerprint density at radius 3 is 2.85 bits per heavy atom. The largest absolute Gasteiger partial charge is 0.467 e. The van der Waals surface area contributed by atoms with Gasteiger partial charge in [-0.05, 0) is 12.1 Å². The fourth-order valence-corrected chi connectivity index (χ4v) is 0.868. The van der Waals surface area contributed by atoms with Crippen LogP contribution in [-0.4, -0.2) is 18.3 Å². The predicted octanol–water partition coefficient (Wildman–Crippen LogP) is 1.81. The Balaban J connectivity index is 2.21. The molecule has 1 heterocycles. The lowest BCUT2D eigenvalue weighted by Crippen LogP contribution is -2.23. The van der Waals surface area contributed by atoms with Gasteiger partial charge in [-0.3, -0.25) is 0 Å². The summed E-state index contributed by atoms with van der Waals surface area (Å²) in [5, 5.41) is 8.95. The second-order valence-corrected chi connectivity index (χ2v) is 3.89. The van der Waals surface area contributed by atoms with Crippen molar-refractivity contribution < 1.29 is 14.3 Å². The number of rotatable bonds is 5. The van der Waals surface area contributed by atoms with Crippen LogP contribution >= 0.6 is 0 Å². The lowest BCUT2D eigenvalue weighted by molar-refractivity contribution is 0.0137. The Bertz CT molecular complexity index is 226. The van der Waals surface area contributed by atoms with E-state index in [2.05, 4.69) is 0 Å². The summed E-state index contributed by atoms with van der Waals surface area (Å²) < 4.78 is 10.5. The van der Waals surface area contributed by atoms with Crippen molar-refractivity contribution in [2.24, 2.45) is 5.41 Å². The molecule has 0 saturated heterocycles. The number of aliphatic hydroxyl groups excluding tert-OH is 1. The lowest BCUT2D eigenvalue weighted by atomic mass is 9.97. The average molecular weight is 184 g/mol. The molecule has 3 nitrogen and oxygen atoms in total. The molecule has 0 spiro atoms. The van der Waals surface area contributed by atoms with Crippen molar-refractivity contribution in [2.75, 3.05) is 13.2 Å². The third-order valence-electron chi connectivity index (χ3n) is 1.75. The average Bonchev–Trinajstić information content (AvgIpc) is 2.57. The zero-order valence-corrected chi connectivity index (χ0v) is 8.12. The molecule has 0 bridgehead atoms. The molecule has 0 fully saturated rings. The molecule has 74 valence electrons. The Kier molecular flexibility index (Phi) is 3.51. The van der Waals surface area contributed by atoms with Crippen LogP contribution in [0.3, 0.4) is 0 Å². The fraction of sp³-hybridized carbons (Fsp3) is 0.600. The highest BCUT2D eigenvalue weighted by atomic mass is 16.5. The van der Waals surface area contributed by atoms with Gasteiger partial charge < -0.3 is 14.3 Å². The molecule has 1 N–H and O–H groups in total. The van der Waals surface area contributed by atoms with E-state index in [0.29, 0.717) is 13.2 Å². The molecule has 0 saturated carbocycles. The first-order valence-electron chi connectivity index (χ1n) is 4.35. The quantitative estimate of drug-likeness (QED) is 0.759. The van der Waals surface area contributed by atoms with Crippen molar-refractivity contribution in [2.45, 2.75) is 20.5 Å². The van der Waals surface area contributed by atoms with Gasteiger partial charge in [0.05, 0.1) is 19.5 Å². The van der Waals surface area contributed by atoms with Crippen molar-refractivity contribution in [1.82, 2.24) is 0 Å². The van der Waals surface area contributed by atoms with E-state index < -0.39 is 0 Å². The van der Waals surface area contributed by atoms with Gasteiger partial charge in [-0.1, -0.05) is 13.8 Å². The predicted molar refractivity (Wildman–Crippen MR) is 49.2 cm³/mol. The Morgan fingerprint density at radius 1 is 1.54 bits per heavy atom. The molecule has 0 radical (unpaired) electrons. The monoisotopic (exact) mass is 184 g/mol. The lowest BCUT2D eigenvalue weighted by Gasteiger charge is -2.20. The van der Waals surface area contributed by atoms with Gasteiger partial charge in [-0.15, -0.1) is 0 Å². The van der Waals surface area contributed by atoms with Crippen LogP contribution in [0.5, 0.6) is 0 Å². The number of hydrogen-bond acceptors (Lipinski definition) is 3. The minimum atomic E-state index is -0.174. The molecule has 0 atom stereocenters. The van der Waals surface area contributed by atoms with Gasteiger partial charge in [0, 0.05) is 5.41 Å². The maximum atomic E-state index is 8.95. The summed E-state index contributed by atoms with van der Waals surface area (Å²) in [6.45, 7) is 5.04. The zero-order valence-electron chi connectivity index (χ0n) is 8.12. The summed E-state index contributed by atoms with van der Waals surface area (Å²) in [5.41, 5.74) is -0.174. The van der Waals surface area contributed by atoms with Crippen LogP contribution in [0.4, 0.5) is 0 Å².